The second kappa shape index (κ2) is 7.59. The number of nitrogens with zero attached hydrogens (tertiary/aromatic N) is 3. The van der Waals surface area contributed by atoms with E-state index in [1.165, 1.54) is 0 Å². The first-order valence-electron chi connectivity index (χ1n) is 8.71. The van der Waals surface area contributed by atoms with E-state index in [1.54, 1.807) is 46.5 Å². The molecule has 0 saturated carbocycles. The molecule has 1 unspecified atom stereocenters. The Kier molecular flexibility index (Phi) is 5.43. The summed E-state index contributed by atoms with van der Waals surface area (Å²) in [4.78, 5) is 11.6. The molecule has 1 saturated heterocycles. The van der Waals surface area contributed by atoms with Crippen LogP contribution in [0, 0.1) is 0 Å². The number of nitrogens with one attached hydrogen (secondary N) is 1. The molecule has 1 fully saturated rings. The fourth-order valence-electron chi connectivity index (χ4n) is 3.43. The molecule has 8 heteroatoms. The number of rotatable bonds is 5. The standard InChI is InChI=1S/C18H24N4O3S/c1-19-18(23)15-8-6-14(7-9-15)13-26(24,25)22-12-4-3-5-17(22)16-10-11-20-21(16)2/h6-11,17H,3-5,12-13H2,1-2H3,(H,19,23). The van der Waals surface area contributed by atoms with Gasteiger partial charge in [0.25, 0.3) is 5.91 Å². The largest absolute Gasteiger partial charge is 0.355 e. The van der Waals surface area contributed by atoms with Crippen molar-refractivity contribution in [2.45, 2.75) is 31.1 Å². The lowest BCUT2D eigenvalue weighted by Gasteiger charge is -2.34. The number of carbonyl (C=O) groups is 1. The molecule has 1 aromatic carbocycles. The van der Waals surface area contributed by atoms with Crippen molar-refractivity contribution in [3.8, 4) is 0 Å². The lowest BCUT2D eigenvalue weighted by molar-refractivity contribution is 0.0963. The Morgan fingerprint density at radius 2 is 1.96 bits per heavy atom. The predicted octanol–water partition coefficient (Wildman–Crippen LogP) is 1.84. The van der Waals surface area contributed by atoms with Gasteiger partial charge in [0.2, 0.25) is 10.0 Å². The minimum Gasteiger partial charge on any atom is -0.355 e. The summed E-state index contributed by atoms with van der Waals surface area (Å²) in [6, 6.07) is 8.41. The average molecular weight is 376 g/mol. The van der Waals surface area contributed by atoms with E-state index in [9.17, 15) is 13.2 Å². The molecule has 140 valence electrons. The first-order chi connectivity index (χ1) is 12.4. The quantitative estimate of drug-likeness (QED) is 0.863. The van der Waals surface area contributed by atoms with Gasteiger partial charge in [0.15, 0.2) is 0 Å². The smallest absolute Gasteiger partial charge is 0.251 e. The van der Waals surface area contributed by atoms with Crippen molar-refractivity contribution in [3.05, 3.63) is 53.3 Å². The molecule has 0 bridgehead atoms. The van der Waals surface area contributed by atoms with E-state index >= 15 is 0 Å². The van der Waals surface area contributed by atoms with Crippen LogP contribution in [0.2, 0.25) is 0 Å². The number of sulfonamides is 1. The zero-order valence-electron chi connectivity index (χ0n) is 15.1. The highest BCUT2D eigenvalue weighted by Crippen LogP contribution is 2.33. The number of benzene rings is 1. The Labute approximate surface area is 154 Å². The zero-order chi connectivity index (χ0) is 18.7. The third kappa shape index (κ3) is 3.81. The second-order valence-electron chi connectivity index (χ2n) is 6.53. The molecule has 2 heterocycles. The minimum atomic E-state index is -3.48. The van der Waals surface area contributed by atoms with Crippen molar-refractivity contribution in [1.82, 2.24) is 19.4 Å². The van der Waals surface area contributed by atoms with Crippen molar-refractivity contribution in [2.24, 2.45) is 7.05 Å². The minimum absolute atomic E-state index is 0.0740. The van der Waals surface area contributed by atoms with Gasteiger partial charge in [0, 0.05) is 32.4 Å². The van der Waals surface area contributed by atoms with Crippen LogP contribution in [0.5, 0.6) is 0 Å². The van der Waals surface area contributed by atoms with E-state index in [4.69, 9.17) is 0 Å². The van der Waals surface area contributed by atoms with Crippen molar-refractivity contribution in [2.75, 3.05) is 13.6 Å². The first-order valence-corrected chi connectivity index (χ1v) is 10.3. The SMILES string of the molecule is CNC(=O)c1ccc(CS(=O)(=O)N2CCCCC2c2ccnn2C)cc1. The number of amides is 1. The summed E-state index contributed by atoms with van der Waals surface area (Å²) < 4.78 is 29.5. The summed E-state index contributed by atoms with van der Waals surface area (Å²) >= 11 is 0. The van der Waals surface area contributed by atoms with Gasteiger partial charge < -0.3 is 5.32 Å². The lowest BCUT2D eigenvalue weighted by atomic mass is 10.0. The summed E-state index contributed by atoms with van der Waals surface area (Å²) in [5, 5.41) is 6.74. The third-order valence-electron chi connectivity index (χ3n) is 4.80. The van der Waals surface area contributed by atoms with E-state index in [0.717, 1.165) is 25.0 Å². The summed E-state index contributed by atoms with van der Waals surface area (Å²) in [6.07, 6.45) is 4.37. The van der Waals surface area contributed by atoms with Gasteiger partial charge in [-0.25, -0.2) is 8.42 Å². The summed E-state index contributed by atoms with van der Waals surface area (Å²) in [5.74, 6) is -0.262. The molecule has 1 N–H and O–H groups in total. The number of aryl methyl sites for hydroxylation is 1. The molecule has 0 radical (unpaired) electrons. The maximum absolute atomic E-state index is 13.1. The van der Waals surface area contributed by atoms with Gasteiger partial charge in [-0.2, -0.15) is 9.40 Å². The maximum Gasteiger partial charge on any atom is 0.251 e. The van der Waals surface area contributed by atoms with Gasteiger partial charge in [-0.05, 0) is 36.6 Å². The fourth-order valence-corrected chi connectivity index (χ4v) is 5.22. The third-order valence-corrected chi connectivity index (χ3v) is 6.65. The van der Waals surface area contributed by atoms with Crippen LogP contribution >= 0.6 is 0 Å². The number of carbonyl (C=O) groups excluding carboxylic acids is 1. The molecule has 1 atom stereocenters. The number of aromatic nitrogens is 2. The second-order valence-corrected chi connectivity index (χ2v) is 8.46. The van der Waals surface area contributed by atoms with Crippen molar-refractivity contribution in [3.63, 3.8) is 0 Å². The van der Waals surface area contributed by atoms with Crippen molar-refractivity contribution < 1.29 is 13.2 Å². The van der Waals surface area contributed by atoms with E-state index in [2.05, 4.69) is 10.4 Å². The molecule has 1 aromatic heterocycles. The van der Waals surface area contributed by atoms with E-state index in [1.807, 2.05) is 13.1 Å². The van der Waals surface area contributed by atoms with Crippen molar-refractivity contribution in [1.29, 1.82) is 0 Å². The highest BCUT2D eigenvalue weighted by atomic mass is 32.2. The molecule has 3 rings (SSSR count). The Hall–Kier alpha value is -2.19. The van der Waals surface area contributed by atoms with Gasteiger partial charge in [0.1, 0.15) is 0 Å². The Morgan fingerprint density at radius 3 is 2.58 bits per heavy atom. The highest BCUT2D eigenvalue weighted by Gasteiger charge is 2.34. The fraction of sp³-hybridized carbons (Fsp3) is 0.444. The van der Waals surface area contributed by atoms with Gasteiger partial charge in [-0.1, -0.05) is 18.6 Å². The van der Waals surface area contributed by atoms with Crippen LogP contribution in [0.25, 0.3) is 0 Å². The van der Waals surface area contributed by atoms with Crippen LogP contribution in [0.4, 0.5) is 0 Å². The molecule has 1 aliphatic heterocycles. The molecule has 1 amide bonds. The van der Waals surface area contributed by atoms with E-state index in [-0.39, 0.29) is 17.7 Å². The van der Waals surface area contributed by atoms with Crippen LogP contribution in [-0.4, -0.2) is 42.0 Å². The molecule has 0 spiro atoms. The van der Waals surface area contributed by atoms with E-state index < -0.39 is 10.0 Å². The van der Waals surface area contributed by atoms with Crippen LogP contribution in [-0.2, 0) is 22.8 Å². The normalized spacial score (nSPS) is 18.6. The Balaban J connectivity index is 1.82. The van der Waals surface area contributed by atoms with Gasteiger partial charge in [-0.3, -0.25) is 9.48 Å². The van der Waals surface area contributed by atoms with Gasteiger partial charge >= 0.3 is 0 Å². The average Bonchev–Trinajstić information content (AvgIpc) is 3.07. The summed E-state index contributed by atoms with van der Waals surface area (Å²) in [5.41, 5.74) is 2.11. The molecular formula is C18H24N4O3S. The molecule has 26 heavy (non-hydrogen) atoms. The van der Waals surface area contributed by atoms with E-state index in [0.29, 0.717) is 17.7 Å². The van der Waals surface area contributed by atoms with Gasteiger partial charge in [0.05, 0.1) is 17.5 Å². The highest BCUT2D eigenvalue weighted by molar-refractivity contribution is 7.88. The zero-order valence-corrected chi connectivity index (χ0v) is 15.9. The number of hydrogen-bond donors (Lipinski definition) is 1. The Morgan fingerprint density at radius 1 is 1.23 bits per heavy atom. The van der Waals surface area contributed by atoms with Crippen LogP contribution in [0.15, 0.2) is 36.5 Å². The number of hydrogen-bond acceptors (Lipinski definition) is 4. The molecular weight excluding hydrogens is 352 g/mol. The lowest BCUT2D eigenvalue weighted by Crippen LogP contribution is -2.39. The summed E-state index contributed by atoms with van der Waals surface area (Å²) in [7, 11) is -0.0707. The van der Waals surface area contributed by atoms with Crippen LogP contribution in [0.3, 0.4) is 0 Å². The molecule has 1 aliphatic rings. The van der Waals surface area contributed by atoms with Crippen molar-refractivity contribution >= 4 is 15.9 Å². The maximum atomic E-state index is 13.1. The monoisotopic (exact) mass is 376 g/mol. The Bertz CT molecular complexity index is 874. The first kappa shape index (κ1) is 18.6. The molecule has 2 aromatic rings. The molecule has 0 aliphatic carbocycles. The van der Waals surface area contributed by atoms with Crippen LogP contribution < -0.4 is 5.32 Å². The van der Waals surface area contributed by atoms with Crippen LogP contribution in [0.1, 0.15) is 46.9 Å². The summed E-state index contributed by atoms with van der Waals surface area (Å²) in [6.45, 7) is 0.522. The predicted molar refractivity (Wildman–Crippen MR) is 99.0 cm³/mol. The number of piperidine rings is 1. The van der Waals surface area contributed by atoms with Gasteiger partial charge in [-0.15, -0.1) is 0 Å². The topological polar surface area (TPSA) is 84.3 Å². The molecule has 7 nitrogen and oxygen atoms in total.